The molecule has 1 amide bonds. The zero-order chi connectivity index (χ0) is 16.9. The summed E-state index contributed by atoms with van der Waals surface area (Å²) in [6.07, 6.45) is 0. The van der Waals surface area contributed by atoms with Crippen LogP contribution in [-0.4, -0.2) is 26.4 Å². The van der Waals surface area contributed by atoms with E-state index in [1.54, 1.807) is 16.7 Å². The monoisotopic (exact) mass is 342 g/mol. The van der Waals surface area contributed by atoms with Crippen molar-refractivity contribution < 1.29 is 9.18 Å². The van der Waals surface area contributed by atoms with Gasteiger partial charge in [0.25, 0.3) is 0 Å². The molecule has 1 heterocycles. The molecule has 0 atom stereocenters. The SMILES string of the molecule is Cn1c(SCC(=O)Nc2ccccc2)nnc1-c1ccc(F)cc1. The van der Waals surface area contributed by atoms with Gasteiger partial charge in [-0.15, -0.1) is 10.2 Å². The zero-order valence-electron chi connectivity index (χ0n) is 12.9. The van der Waals surface area contributed by atoms with Crippen LogP contribution >= 0.6 is 11.8 Å². The van der Waals surface area contributed by atoms with Gasteiger partial charge < -0.3 is 9.88 Å². The van der Waals surface area contributed by atoms with Crippen molar-refractivity contribution in [1.82, 2.24) is 14.8 Å². The fourth-order valence-corrected chi connectivity index (χ4v) is 2.85. The lowest BCUT2D eigenvalue weighted by Crippen LogP contribution is -2.14. The standard InChI is InChI=1S/C17H15FN4OS/c1-22-16(12-7-9-13(18)10-8-12)20-21-17(22)24-11-15(23)19-14-5-3-2-4-6-14/h2-10H,11H2,1H3,(H,19,23). The summed E-state index contributed by atoms with van der Waals surface area (Å²) in [6.45, 7) is 0. The lowest BCUT2D eigenvalue weighted by molar-refractivity contribution is -0.113. The molecule has 3 rings (SSSR count). The first-order valence-corrected chi connectivity index (χ1v) is 8.25. The summed E-state index contributed by atoms with van der Waals surface area (Å²) in [4.78, 5) is 12.0. The van der Waals surface area contributed by atoms with Gasteiger partial charge in [0.1, 0.15) is 5.82 Å². The van der Waals surface area contributed by atoms with Gasteiger partial charge in [-0.1, -0.05) is 30.0 Å². The van der Waals surface area contributed by atoms with E-state index in [1.807, 2.05) is 37.4 Å². The van der Waals surface area contributed by atoms with Crippen LogP contribution in [0.5, 0.6) is 0 Å². The number of hydrogen-bond donors (Lipinski definition) is 1. The number of para-hydroxylation sites is 1. The number of carbonyl (C=O) groups is 1. The second kappa shape index (κ2) is 7.27. The molecule has 0 saturated heterocycles. The number of hydrogen-bond acceptors (Lipinski definition) is 4. The van der Waals surface area contributed by atoms with Gasteiger partial charge in [-0.25, -0.2) is 4.39 Å². The predicted octanol–water partition coefficient (Wildman–Crippen LogP) is 3.35. The highest BCUT2D eigenvalue weighted by molar-refractivity contribution is 7.99. The Bertz CT molecular complexity index is 834. The van der Waals surface area contributed by atoms with E-state index < -0.39 is 0 Å². The molecule has 0 spiro atoms. The fourth-order valence-electron chi connectivity index (χ4n) is 2.14. The Morgan fingerprint density at radius 2 is 1.83 bits per heavy atom. The third kappa shape index (κ3) is 3.80. The fraction of sp³-hybridized carbons (Fsp3) is 0.118. The first-order chi connectivity index (χ1) is 11.6. The Balaban J connectivity index is 1.64. The Labute approximate surface area is 142 Å². The first kappa shape index (κ1) is 16.2. The highest BCUT2D eigenvalue weighted by atomic mass is 32.2. The summed E-state index contributed by atoms with van der Waals surface area (Å²) < 4.78 is 14.8. The van der Waals surface area contributed by atoms with Crippen molar-refractivity contribution >= 4 is 23.4 Å². The first-order valence-electron chi connectivity index (χ1n) is 7.26. The molecule has 1 aromatic heterocycles. The predicted molar refractivity (Wildman–Crippen MR) is 92.2 cm³/mol. The average Bonchev–Trinajstić information content (AvgIpc) is 2.95. The third-order valence-corrected chi connectivity index (χ3v) is 4.35. The van der Waals surface area contributed by atoms with E-state index in [2.05, 4.69) is 15.5 Å². The number of thioether (sulfide) groups is 1. The summed E-state index contributed by atoms with van der Waals surface area (Å²) in [5, 5.41) is 11.7. The van der Waals surface area contributed by atoms with Crippen LogP contribution in [0.2, 0.25) is 0 Å². The van der Waals surface area contributed by atoms with Gasteiger partial charge in [0.2, 0.25) is 5.91 Å². The van der Waals surface area contributed by atoms with Crippen molar-refractivity contribution in [3.63, 3.8) is 0 Å². The van der Waals surface area contributed by atoms with Crippen molar-refractivity contribution in [2.75, 3.05) is 11.1 Å². The molecule has 0 fully saturated rings. The number of carbonyl (C=O) groups excluding carboxylic acids is 1. The number of nitrogens with zero attached hydrogens (tertiary/aromatic N) is 3. The molecule has 2 aromatic carbocycles. The van der Waals surface area contributed by atoms with Crippen LogP contribution < -0.4 is 5.32 Å². The molecule has 0 saturated carbocycles. The van der Waals surface area contributed by atoms with E-state index in [-0.39, 0.29) is 17.5 Å². The minimum absolute atomic E-state index is 0.113. The molecular weight excluding hydrogens is 327 g/mol. The lowest BCUT2D eigenvalue weighted by Gasteiger charge is -2.05. The molecule has 7 heteroatoms. The maximum Gasteiger partial charge on any atom is 0.234 e. The van der Waals surface area contributed by atoms with Gasteiger partial charge >= 0.3 is 0 Å². The van der Waals surface area contributed by atoms with E-state index in [9.17, 15) is 9.18 Å². The smallest absolute Gasteiger partial charge is 0.234 e. The average molecular weight is 342 g/mol. The van der Waals surface area contributed by atoms with Crippen LogP contribution in [-0.2, 0) is 11.8 Å². The van der Waals surface area contributed by atoms with Crippen molar-refractivity contribution in [3.05, 3.63) is 60.4 Å². The second-order valence-corrected chi connectivity index (χ2v) is 6.02. The molecule has 24 heavy (non-hydrogen) atoms. The quantitative estimate of drug-likeness (QED) is 0.723. The van der Waals surface area contributed by atoms with Gasteiger partial charge in [0.05, 0.1) is 5.75 Å². The largest absolute Gasteiger partial charge is 0.325 e. The Hall–Kier alpha value is -2.67. The van der Waals surface area contributed by atoms with Gasteiger partial charge in [-0.2, -0.15) is 0 Å². The van der Waals surface area contributed by atoms with Crippen LogP contribution in [0.3, 0.4) is 0 Å². The highest BCUT2D eigenvalue weighted by Crippen LogP contribution is 2.23. The number of amides is 1. The molecule has 5 nitrogen and oxygen atoms in total. The molecule has 0 aliphatic heterocycles. The van der Waals surface area contributed by atoms with Crippen LogP contribution in [0.15, 0.2) is 59.8 Å². The Morgan fingerprint density at radius 1 is 1.12 bits per heavy atom. The number of benzene rings is 2. The summed E-state index contributed by atoms with van der Waals surface area (Å²) in [5.41, 5.74) is 1.53. The third-order valence-electron chi connectivity index (χ3n) is 3.33. The summed E-state index contributed by atoms with van der Waals surface area (Å²) >= 11 is 1.30. The number of halogens is 1. The molecule has 122 valence electrons. The van der Waals surface area contributed by atoms with Crippen molar-refractivity contribution in [3.8, 4) is 11.4 Å². The van der Waals surface area contributed by atoms with E-state index in [1.165, 1.54) is 23.9 Å². The van der Waals surface area contributed by atoms with E-state index >= 15 is 0 Å². The normalized spacial score (nSPS) is 10.6. The zero-order valence-corrected chi connectivity index (χ0v) is 13.8. The number of anilines is 1. The number of nitrogens with one attached hydrogen (secondary N) is 1. The molecule has 0 aliphatic rings. The van der Waals surface area contributed by atoms with Gasteiger partial charge in [0, 0.05) is 18.3 Å². The molecule has 1 N–H and O–H groups in total. The van der Waals surface area contributed by atoms with E-state index in [4.69, 9.17) is 0 Å². The van der Waals surface area contributed by atoms with Gasteiger partial charge in [-0.05, 0) is 36.4 Å². The maximum atomic E-state index is 13.0. The number of aromatic nitrogens is 3. The molecule has 0 unspecified atom stereocenters. The van der Waals surface area contributed by atoms with Crippen LogP contribution in [0, 0.1) is 5.82 Å². The summed E-state index contributed by atoms with van der Waals surface area (Å²) in [6, 6.07) is 15.3. The Morgan fingerprint density at radius 3 is 2.54 bits per heavy atom. The van der Waals surface area contributed by atoms with E-state index in [0.29, 0.717) is 11.0 Å². The molecule has 0 radical (unpaired) electrons. The molecule has 3 aromatic rings. The maximum absolute atomic E-state index is 13.0. The van der Waals surface area contributed by atoms with Crippen molar-refractivity contribution in [2.24, 2.45) is 7.05 Å². The van der Waals surface area contributed by atoms with Crippen molar-refractivity contribution in [2.45, 2.75) is 5.16 Å². The molecule has 0 aliphatic carbocycles. The minimum atomic E-state index is -0.298. The number of rotatable bonds is 5. The lowest BCUT2D eigenvalue weighted by atomic mass is 10.2. The molecule has 0 bridgehead atoms. The topological polar surface area (TPSA) is 59.8 Å². The Kier molecular flexibility index (Phi) is 4.90. The highest BCUT2D eigenvalue weighted by Gasteiger charge is 2.13. The molecular formula is C17H15FN4OS. The minimum Gasteiger partial charge on any atom is -0.325 e. The van der Waals surface area contributed by atoms with Crippen molar-refractivity contribution in [1.29, 1.82) is 0 Å². The summed E-state index contributed by atoms with van der Waals surface area (Å²) in [5.74, 6) is 0.441. The van der Waals surface area contributed by atoms with E-state index in [0.717, 1.165) is 11.3 Å². The van der Waals surface area contributed by atoms with Crippen LogP contribution in [0.4, 0.5) is 10.1 Å². The second-order valence-electron chi connectivity index (χ2n) is 5.07. The van der Waals surface area contributed by atoms with Crippen LogP contribution in [0.25, 0.3) is 11.4 Å². The summed E-state index contributed by atoms with van der Waals surface area (Å²) in [7, 11) is 1.82. The van der Waals surface area contributed by atoms with Crippen LogP contribution in [0.1, 0.15) is 0 Å². The van der Waals surface area contributed by atoms with Gasteiger partial charge in [0.15, 0.2) is 11.0 Å². The van der Waals surface area contributed by atoms with Gasteiger partial charge in [-0.3, -0.25) is 4.79 Å².